The lowest BCUT2D eigenvalue weighted by Crippen LogP contribution is -2.36. The summed E-state index contributed by atoms with van der Waals surface area (Å²) >= 11 is 11.9. The Balaban J connectivity index is 2.04. The molecular weight excluding hydrogens is 263 g/mol. The Kier molecular flexibility index (Phi) is 4.40. The number of benzene rings is 1. The topological polar surface area (TPSA) is 35.5 Å². The standard InChI is InChI=1S/C12H12Cl2O3/c13-9-3-1-2-8(12(9)14)6-10(15)11-7-16-4-5-17-11/h1-3,11H,4-7H2. The van der Waals surface area contributed by atoms with Crippen molar-refractivity contribution in [1.82, 2.24) is 0 Å². The first-order valence-corrected chi connectivity index (χ1v) is 6.09. The normalized spacial score (nSPS) is 20.2. The molecule has 1 heterocycles. The molecule has 1 aromatic rings. The minimum atomic E-state index is -0.487. The van der Waals surface area contributed by atoms with Gasteiger partial charge in [0, 0.05) is 6.42 Å². The van der Waals surface area contributed by atoms with Crippen LogP contribution in [0.2, 0.25) is 10.0 Å². The second kappa shape index (κ2) is 5.83. The number of carbonyl (C=O) groups is 1. The summed E-state index contributed by atoms with van der Waals surface area (Å²) in [4.78, 5) is 11.9. The molecule has 1 aliphatic heterocycles. The van der Waals surface area contributed by atoms with Crippen molar-refractivity contribution in [3.05, 3.63) is 33.8 Å². The predicted octanol–water partition coefficient (Wildman–Crippen LogP) is 2.52. The number of ether oxygens (including phenoxy) is 2. The SMILES string of the molecule is O=C(Cc1cccc(Cl)c1Cl)C1COCCO1. The Hall–Kier alpha value is -0.610. The van der Waals surface area contributed by atoms with Crippen LogP contribution in [0.1, 0.15) is 5.56 Å². The summed E-state index contributed by atoms with van der Waals surface area (Å²) in [6, 6.07) is 5.25. The van der Waals surface area contributed by atoms with Crippen molar-refractivity contribution >= 4 is 29.0 Å². The zero-order valence-electron chi connectivity index (χ0n) is 9.12. The number of hydrogen-bond acceptors (Lipinski definition) is 3. The van der Waals surface area contributed by atoms with Crippen LogP contribution in [0.25, 0.3) is 0 Å². The highest BCUT2D eigenvalue weighted by Crippen LogP contribution is 2.26. The highest BCUT2D eigenvalue weighted by molar-refractivity contribution is 6.42. The van der Waals surface area contributed by atoms with Crippen LogP contribution in [0, 0.1) is 0 Å². The van der Waals surface area contributed by atoms with E-state index in [1.54, 1.807) is 18.2 Å². The average Bonchev–Trinajstić information content (AvgIpc) is 2.36. The minimum Gasteiger partial charge on any atom is -0.376 e. The quantitative estimate of drug-likeness (QED) is 0.850. The smallest absolute Gasteiger partial charge is 0.168 e. The highest BCUT2D eigenvalue weighted by atomic mass is 35.5. The molecule has 1 saturated heterocycles. The van der Waals surface area contributed by atoms with Crippen LogP contribution in [0.4, 0.5) is 0 Å². The van der Waals surface area contributed by atoms with E-state index in [9.17, 15) is 4.79 Å². The van der Waals surface area contributed by atoms with Crippen molar-refractivity contribution in [2.75, 3.05) is 19.8 Å². The summed E-state index contributed by atoms with van der Waals surface area (Å²) in [7, 11) is 0. The third-order valence-electron chi connectivity index (χ3n) is 2.57. The highest BCUT2D eigenvalue weighted by Gasteiger charge is 2.23. The van der Waals surface area contributed by atoms with Gasteiger partial charge in [0.2, 0.25) is 0 Å². The van der Waals surface area contributed by atoms with E-state index in [2.05, 4.69) is 0 Å². The Bertz CT molecular complexity index is 414. The van der Waals surface area contributed by atoms with Gasteiger partial charge in [0.15, 0.2) is 5.78 Å². The fraction of sp³-hybridized carbons (Fsp3) is 0.417. The van der Waals surface area contributed by atoms with Gasteiger partial charge in [0.05, 0.1) is 29.9 Å². The van der Waals surface area contributed by atoms with Gasteiger partial charge in [-0.2, -0.15) is 0 Å². The second-order valence-electron chi connectivity index (χ2n) is 3.79. The van der Waals surface area contributed by atoms with E-state index in [-0.39, 0.29) is 12.2 Å². The van der Waals surface area contributed by atoms with Crippen molar-refractivity contribution < 1.29 is 14.3 Å². The molecule has 1 fully saturated rings. The van der Waals surface area contributed by atoms with Gasteiger partial charge in [-0.05, 0) is 11.6 Å². The molecule has 17 heavy (non-hydrogen) atoms. The maximum Gasteiger partial charge on any atom is 0.168 e. The molecular formula is C12H12Cl2O3. The van der Waals surface area contributed by atoms with Crippen molar-refractivity contribution in [2.24, 2.45) is 0 Å². The first-order chi connectivity index (χ1) is 8.18. The van der Waals surface area contributed by atoms with Gasteiger partial charge in [-0.1, -0.05) is 35.3 Å². The molecule has 92 valence electrons. The number of rotatable bonds is 3. The van der Waals surface area contributed by atoms with Crippen LogP contribution in [-0.2, 0) is 20.7 Å². The lowest BCUT2D eigenvalue weighted by Gasteiger charge is -2.21. The zero-order valence-corrected chi connectivity index (χ0v) is 10.6. The maximum absolute atomic E-state index is 11.9. The Morgan fingerprint density at radius 3 is 2.88 bits per heavy atom. The average molecular weight is 275 g/mol. The molecule has 3 nitrogen and oxygen atoms in total. The lowest BCUT2D eigenvalue weighted by molar-refractivity contribution is -0.144. The number of Topliss-reactive ketones (excluding diaryl/α,β-unsaturated/α-hetero) is 1. The fourth-order valence-electron chi connectivity index (χ4n) is 1.66. The maximum atomic E-state index is 11.9. The molecule has 0 aromatic heterocycles. The van der Waals surface area contributed by atoms with Gasteiger partial charge in [-0.3, -0.25) is 4.79 Å². The molecule has 5 heteroatoms. The van der Waals surface area contributed by atoms with Crippen molar-refractivity contribution in [3.63, 3.8) is 0 Å². The Labute approximate surface area is 110 Å². The van der Waals surface area contributed by atoms with Crippen LogP contribution >= 0.6 is 23.2 Å². The summed E-state index contributed by atoms with van der Waals surface area (Å²) in [5.41, 5.74) is 0.721. The molecule has 0 amide bonds. The van der Waals surface area contributed by atoms with Gasteiger partial charge < -0.3 is 9.47 Å². The third-order valence-corrected chi connectivity index (χ3v) is 3.43. The molecule has 2 rings (SSSR count). The van der Waals surface area contributed by atoms with E-state index in [4.69, 9.17) is 32.7 Å². The number of carbonyl (C=O) groups excluding carboxylic acids is 1. The summed E-state index contributed by atoms with van der Waals surface area (Å²) in [6.45, 7) is 1.32. The van der Waals surface area contributed by atoms with Crippen molar-refractivity contribution in [3.8, 4) is 0 Å². The van der Waals surface area contributed by atoms with E-state index < -0.39 is 6.10 Å². The van der Waals surface area contributed by atoms with E-state index in [0.29, 0.717) is 29.9 Å². The molecule has 0 aliphatic carbocycles. The van der Waals surface area contributed by atoms with E-state index >= 15 is 0 Å². The molecule has 0 saturated carbocycles. The zero-order chi connectivity index (χ0) is 12.3. The van der Waals surface area contributed by atoms with Gasteiger partial charge in [0.25, 0.3) is 0 Å². The van der Waals surface area contributed by atoms with Crippen molar-refractivity contribution in [2.45, 2.75) is 12.5 Å². The van der Waals surface area contributed by atoms with Gasteiger partial charge in [-0.15, -0.1) is 0 Å². The van der Waals surface area contributed by atoms with E-state index in [1.807, 2.05) is 0 Å². The molecule has 1 unspecified atom stereocenters. The molecule has 1 aromatic carbocycles. The van der Waals surface area contributed by atoms with Crippen LogP contribution < -0.4 is 0 Å². The van der Waals surface area contributed by atoms with E-state index in [0.717, 1.165) is 5.56 Å². The summed E-state index contributed by atoms with van der Waals surface area (Å²) < 4.78 is 10.5. The number of ketones is 1. The largest absolute Gasteiger partial charge is 0.376 e. The first kappa shape index (κ1) is 12.8. The third kappa shape index (κ3) is 3.19. The summed E-state index contributed by atoms with van der Waals surface area (Å²) in [5.74, 6) is -0.0335. The summed E-state index contributed by atoms with van der Waals surface area (Å²) in [6.07, 6.45) is -0.272. The van der Waals surface area contributed by atoms with Crippen LogP contribution in [0.15, 0.2) is 18.2 Å². The molecule has 1 aliphatic rings. The van der Waals surface area contributed by atoms with Crippen LogP contribution in [-0.4, -0.2) is 31.7 Å². The number of halogens is 2. The predicted molar refractivity (Wildman–Crippen MR) is 65.7 cm³/mol. The Morgan fingerprint density at radius 2 is 2.18 bits per heavy atom. The molecule has 0 bridgehead atoms. The minimum absolute atomic E-state index is 0.0335. The molecule has 0 N–H and O–H groups in total. The van der Waals surface area contributed by atoms with Crippen molar-refractivity contribution in [1.29, 1.82) is 0 Å². The fourth-order valence-corrected chi connectivity index (χ4v) is 2.05. The second-order valence-corrected chi connectivity index (χ2v) is 4.58. The van der Waals surface area contributed by atoms with Crippen LogP contribution in [0.3, 0.4) is 0 Å². The molecule has 1 atom stereocenters. The van der Waals surface area contributed by atoms with Gasteiger partial charge in [-0.25, -0.2) is 0 Å². The Morgan fingerprint density at radius 1 is 1.35 bits per heavy atom. The van der Waals surface area contributed by atoms with Gasteiger partial charge >= 0.3 is 0 Å². The van der Waals surface area contributed by atoms with E-state index in [1.165, 1.54) is 0 Å². The van der Waals surface area contributed by atoms with Gasteiger partial charge in [0.1, 0.15) is 6.10 Å². The molecule has 0 radical (unpaired) electrons. The number of hydrogen-bond donors (Lipinski definition) is 0. The first-order valence-electron chi connectivity index (χ1n) is 5.33. The van der Waals surface area contributed by atoms with Crippen LogP contribution in [0.5, 0.6) is 0 Å². The summed E-state index contributed by atoms with van der Waals surface area (Å²) in [5, 5.41) is 0.886. The monoisotopic (exact) mass is 274 g/mol. The molecule has 0 spiro atoms. The lowest BCUT2D eigenvalue weighted by atomic mass is 10.1.